The van der Waals surface area contributed by atoms with Crippen molar-refractivity contribution in [2.45, 2.75) is 26.7 Å². The molecular weight excluding hydrogens is 214 g/mol. The minimum absolute atomic E-state index is 0.0334. The predicted octanol–water partition coefficient (Wildman–Crippen LogP) is 2.81. The molecule has 1 aromatic heterocycles. The second-order valence-electron chi connectivity index (χ2n) is 4.69. The van der Waals surface area contributed by atoms with Gasteiger partial charge in [0.05, 0.1) is 11.2 Å². The van der Waals surface area contributed by atoms with Crippen LogP contribution in [0.15, 0.2) is 12.1 Å². The van der Waals surface area contributed by atoms with Crippen molar-refractivity contribution in [3.05, 3.63) is 34.5 Å². The zero-order valence-electron chi connectivity index (χ0n) is 9.89. The van der Waals surface area contributed by atoms with Crippen LogP contribution in [0.2, 0.25) is 0 Å². The summed E-state index contributed by atoms with van der Waals surface area (Å²) in [4.78, 5) is 26.4. The van der Waals surface area contributed by atoms with Crippen molar-refractivity contribution in [2.24, 2.45) is 0 Å². The number of fused-ring (bicyclic) bond motifs is 3. The molecular formula is C14H13NO2. The van der Waals surface area contributed by atoms with Crippen molar-refractivity contribution < 1.29 is 9.59 Å². The number of aryl methyl sites for hydroxylation is 2. The molecule has 2 aromatic rings. The maximum Gasteiger partial charge on any atom is 0.179 e. The molecule has 0 bridgehead atoms. The van der Waals surface area contributed by atoms with E-state index in [2.05, 4.69) is 11.1 Å². The molecule has 1 aromatic carbocycles. The minimum Gasteiger partial charge on any atom is -0.351 e. The first-order chi connectivity index (χ1) is 8.08. The zero-order chi connectivity index (χ0) is 12.2. The molecule has 1 N–H and O–H groups in total. The van der Waals surface area contributed by atoms with Gasteiger partial charge in [-0.3, -0.25) is 9.59 Å². The molecule has 0 atom stereocenters. The second-order valence-corrected chi connectivity index (χ2v) is 4.69. The van der Waals surface area contributed by atoms with Gasteiger partial charge >= 0.3 is 0 Å². The van der Waals surface area contributed by atoms with Crippen molar-refractivity contribution in [3.63, 3.8) is 0 Å². The van der Waals surface area contributed by atoms with Crippen LogP contribution < -0.4 is 0 Å². The van der Waals surface area contributed by atoms with Gasteiger partial charge < -0.3 is 4.98 Å². The van der Waals surface area contributed by atoms with Crippen LogP contribution >= 0.6 is 0 Å². The van der Waals surface area contributed by atoms with Crippen LogP contribution in [0, 0.1) is 6.92 Å². The molecule has 0 spiro atoms. The SMILES string of the molecule is CC(=O)c1cc(C)cc2c3c([nH]c12)C(=O)CC3. The minimum atomic E-state index is 0.0334. The summed E-state index contributed by atoms with van der Waals surface area (Å²) < 4.78 is 0. The van der Waals surface area contributed by atoms with Gasteiger partial charge in [0.15, 0.2) is 11.6 Å². The number of H-pyrrole nitrogens is 1. The van der Waals surface area contributed by atoms with E-state index in [0.717, 1.165) is 28.5 Å². The van der Waals surface area contributed by atoms with Gasteiger partial charge in [-0.1, -0.05) is 0 Å². The summed E-state index contributed by atoms with van der Waals surface area (Å²) in [7, 11) is 0. The number of nitrogens with one attached hydrogen (secondary N) is 1. The number of hydrogen-bond donors (Lipinski definition) is 1. The van der Waals surface area contributed by atoms with Gasteiger partial charge in [-0.05, 0) is 43.5 Å². The van der Waals surface area contributed by atoms with Crippen LogP contribution in [0.1, 0.15) is 45.3 Å². The summed E-state index contributed by atoms with van der Waals surface area (Å²) in [5, 5.41) is 1.04. The van der Waals surface area contributed by atoms with Crippen molar-refractivity contribution in [1.82, 2.24) is 4.98 Å². The Labute approximate surface area is 98.8 Å². The molecule has 3 nitrogen and oxygen atoms in total. The van der Waals surface area contributed by atoms with Gasteiger partial charge in [0.2, 0.25) is 0 Å². The number of ketones is 2. The number of carbonyl (C=O) groups excluding carboxylic acids is 2. The lowest BCUT2D eigenvalue weighted by Gasteiger charge is -2.02. The summed E-state index contributed by atoms with van der Waals surface area (Å²) in [5.74, 6) is 0.189. The van der Waals surface area contributed by atoms with Crippen molar-refractivity contribution in [1.29, 1.82) is 0 Å². The molecule has 3 heteroatoms. The van der Waals surface area contributed by atoms with E-state index in [1.54, 1.807) is 6.92 Å². The standard InChI is InChI=1S/C14H13NO2/c1-7-5-10(8(2)16)13-11(6-7)9-3-4-12(17)14(9)15-13/h5-6,15H,3-4H2,1-2H3. The van der Waals surface area contributed by atoms with E-state index in [1.165, 1.54) is 0 Å². The third-order valence-corrected chi connectivity index (χ3v) is 3.42. The number of carbonyl (C=O) groups is 2. The van der Waals surface area contributed by atoms with Crippen LogP contribution in [-0.4, -0.2) is 16.6 Å². The van der Waals surface area contributed by atoms with E-state index in [1.807, 2.05) is 13.0 Å². The van der Waals surface area contributed by atoms with E-state index < -0.39 is 0 Å². The number of hydrogen-bond acceptors (Lipinski definition) is 2. The fraction of sp³-hybridized carbons (Fsp3) is 0.286. The van der Waals surface area contributed by atoms with Crippen LogP contribution in [-0.2, 0) is 6.42 Å². The molecule has 0 fully saturated rings. The zero-order valence-corrected chi connectivity index (χ0v) is 9.89. The van der Waals surface area contributed by atoms with E-state index in [4.69, 9.17) is 0 Å². The largest absolute Gasteiger partial charge is 0.351 e. The van der Waals surface area contributed by atoms with Gasteiger partial charge in [0.1, 0.15) is 0 Å². The molecule has 1 aliphatic carbocycles. The van der Waals surface area contributed by atoms with Crippen LogP contribution in [0.4, 0.5) is 0 Å². The lowest BCUT2D eigenvalue weighted by Crippen LogP contribution is -1.96. The Morgan fingerprint density at radius 2 is 2.06 bits per heavy atom. The topological polar surface area (TPSA) is 49.9 Å². The molecule has 17 heavy (non-hydrogen) atoms. The molecule has 1 heterocycles. The maximum absolute atomic E-state index is 11.7. The molecule has 0 aliphatic heterocycles. The molecule has 0 saturated heterocycles. The van der Waals surface area contributed by atoms with E-state index in [-0.39, 0.29) is 11.6 Å². The van der Waals surface area contributed by atoms with E-state index >= 15 is 0 Å². The Balaban J connectivity index is 2.42. The number of aromatic nitrogens is 1. The lowest BCUT2D eigenvalue weighted by molar-refractivity contribution is 0.0987. The number of benzene rings is 1. The van der Waals surface area contributed by atoms with E-state index in [0.29, 0.717) is 17.7 Å². The highest BCUT2D eigenvalue weighted by molar-refractivity contribution is 6.11. The maximum atomic E-state index is 11.7. The molecule has 0 saturated carbocycles. The molecule has 0 amide bonds. The fourth-order valence-electron chi connectivity index (χ4n) is 2.63. The molecule has 0 unspecified atom stereocenters. The Bertz CT molecular complexity index is 664. The third-order valence-electron chi connectivity index (χ3n) is 3.42. The smallest absolute Gasteiger partial charge is 0.179 e. The van der Waals surface area contributed by atoms with Crippen molar-refractivity contribution in [2.75, 3.05) is 0 Å². The summed E-state index contributed by atoms with van der Waals surface area (Å²) in [6.45, 7) is 3.53. The quantitative estimate of drug-likeness (QED) is 0.761. The first-order valence-electron chi connectivity index (χ1n) is 5.77. The Kier molecular flexibility index (Phi) is 1.99. The van der Waals surface area contributed by atoms with Gasteiger partial charge in [-0.2, -0.15) is 0 Å². The number of Topliss-reactive ketones (excluding diaryl/α,β-unsaturated/α-hetero) is 2. The summed E-state index contributed by atoms with van der Waals surface area (Å²) in [6.07, 6.45) is 1.37. The van der Waals surface area contributed by atoms with Gasteiger partial charge in [-0.15, -0.1) is 0 Å². The van der Waals surface area contributed by atoms with E-state index in [9.17, 15) is 9.59 Å². The highest BCUT2D eigenvalue weighted by Gasteiger charge is 2.25. The third kappa shape index (κ3) is 1.35. The van der Waals surface area contributed by atoms with Crippen LogP contribution in [0.25, 0.3) is 10.9 Å². The average molecular weight is 227 g/mol. The molecule has 1 aliphatic rings. The first kappa shape index (κ1) is 10.3. The van der Waals surface area contributed by atoms with Crippen LogP contribution in [0.5, 0.6) is 0 Å². The van der Waals surface area contributed by atoms with Crippen molar-refractivity contribution in [3.8, 4) is 0 Å². The highest BCUT2D eigenvalue weighted by Crippen LogP contribution is 2.32. The second kappa shape index (κ2) is 3.29. The molecule has 0 radical (unpaired) electrons. The van der Waals surface area contributed by atoms with Gasteiger partial charge in [-0.25, -0.2) is 0 Å². The highest BCUT2D eigenvalue weighted by atomic mass is 16.1. The summed E-state index contributed by atoms with van der Waals surface area (Å²) in [6, 6.07) is 3.93. The first-order valence-corrected chi connectivity index (χ1v) is 5.77. The van der Waals surface area contributed by atoms with Crippen LogP contribution in [0.3, 0.4) is 0 Å². The normalized spacial score (nSPS) is 14.4. The average Bonchev–Trinajstić information content (AvgIpc) is 2.79. The Morgan fingerprint density at radius 1 is 1.29 bits per heavy atom. The predicted molar refractivity (Wildman–Crippen MR) is 65.7 cm³/mol. The number of aromatic amines is 1. The Hall–Kier alpha value is -1.90. The monoisotopic (exact) mass is 227 g/mol. The van der Waals surface area contributed by atoms with Gasteiger partial charge in [0, 0.05) is 17.4 Å². The number of rotatable bonds is 1. The summed E-state index contributed by atoms with van der Waals surface area (Å²) >= 11 is 0. The summed E-state index contributed by atoms with van der Waals surface area (Å²) in [5.41, 5.74) is 4.34. The van der Waals surface area contributed by atoms with Gasteiger partial charge in [0.25, 0.3) is 0 Å². The Morgan fingerprint density at radius 3 is 2.76 bits per heavy atom. The van der Waals surface area contributed by atoms with Crippen molar-refractivity contribution >= 4 is 22.5 Å². The fourth-order valence-corrected chi connectivity index (χ4v) is 2.63. The molecule has 86 valence electrons. The molecule has 3 rings (SSSR count). The lowest BCUT2D eigenvalue weighted by atomic mass is 10.0.